The highest BCUT2D eigenvalue weighted by Gasteiger charge is 2.10. The second kappa shape index (κ2) is 7.15. The molecule has 5 heteroatoms. The first kappa shape index (κ1) is 15.4. The van der Waals surface area contributed by atoms with Crippen molar-refractivity contribution in [1.29, 1.82) is 0 Å². The molecule has 116 valence electrons. The molecule has 0 aliphatic heterocycles. The van der Waals surface area contributed by atoms with Crippen molar-refractivity contribution < 1.29 is 4.79 Å². The van der Waals surface area contributed by atoms with Crippen molar-refractivity contribution in [2.75, 3.05) is 6.54 Å². The largest absolute Gasteiger partial charge is 0.352 e. The van der Waals surface area contributed by atoms with E-state index in [2.05, 4.69) is 15.3 Å². The number of rotatable bonds is 5. The van der Waals surface area contributed by atoms with Crippen LogP contribution in [-0.2, 0) is 6.42 Å². The average Bonchev–Trinajstić information content (AvgIpc) is 2.97. The molecule has 2 aromatic heterocycles. The molecule has 2 heterocycles. The summed E-state index contributed by atoms with van der Waals surface area (Å²) in [6.07, 6.45) is 4.32. The van der Waals surface area contributed by atoms with Crippen LogP contribution in [0.2, 0.25) is 0 Å². The first-order valence-electron chi connectivity index (χ1n) is 7.44. The Morgan fingerprint density at radius 3 is 2.61 bits per heavy atom. The Labute approximate surface area is 139 Å². The Hall–Kier alpha value is -2.53. The number of hydrogen-bond donors (Lipinski definition) is 1. The van der Waals surface area contributed by atoms with Crippen LogP contribution in [0.15, 0.2) is 54.9 Å². The number of carbonyl (C=O) groups excluding carboxylic acids is 1. The lowest BCUT2D eigenvalue weighted by Crippen LogP contribution is -2.25. The number of nitrogens with one attached hydrogen (secondary N) is 1. The van der Waals surface area contributed by atoms with Crippen molar-refractivity contribution in [3.63, 3.8) is 0 Å². The number of aryl methyl sites for hydroxylation is 1. The molecule has 1 amide bonds. The summed E-state index contributed by atoms with van der Waals surface area (Å²) in [6.45, 7) is 2.61. The average molecular weight is 323 g/mol. The Kier molecular flexibility index (Phi) is 4.78. The zero-order valence-corrected chi connectivity index (χ0v) is 13.6. The molecule has 0 bridgehead atoms. The number of hydrogen-bond acceptors (Lipinski definition) is 4. The van der Waals surface area contributed by atoms with E-state index >= 15 is 0 Å². The predicted molar refractivity (Wildman–Crippen MR) is 92.6 cm³/mol. The van der Waals surface area contributed by atoms with Gasteiger partial charge in [0.25, 0.3) is 5.91 Å². The van der Waals surface area contributed by atoms with Crippen molar-refractivity contribution >= 4 is 17.2 Å². The Balaban J connectivity index is 1.61. The molecule has 0 saturated carbocycles. The van der Waals surface area contributed by atoms with E-state index in [1.807, 2.05) is 49.4 Å². The van der Waals surface area contributed by atoms with Gasteiger partial charge in [0.05, 0.1) is 5.69 Å². The van der Waals surface area contributed by atoms with Gasteiger partial charge in [-0.1, -0.05) is 18.2 Å². The van der Waals surface area contributed by atoms with E-state index in [9.17, 15) is 4.79 Å². The highest BCUT2D eigenvalue weighted by atomic mass is 32.1. The number of thiazole rings is 1. The quantitative estimate of drug-likeness (QED) is 0.782. The van der Waals surface area contributed by atoms with Crippen LogP contribution < -0.4 is 5.32 Å². The lowest BCUT2D eigenvalue weighted by atomic mass is 10.2. The standard InChI is InChI=1S/C18H17N3OS/c1-13-16(23-18(21-13)15-7-10-19-11-8-15)9-12-20-17(22)14-5-3-2-4-6-14/h2-8,10-11H,9,12H2,1H3,(H,20,22). The Morgan fingerprint density at radius 1 is 1.13 bits per heavy atom. The van der Waals surface area contributed by atoms with E-state index in [1.165, 1.54) is 4.88 Å². The fourth-order valence-electron chi connectivity index (χ4n) is 2.26. The second-order valence-electron chi connectivity index (χ2n) is 5.14. The lowest BCUT2D eigenvalue weighted by Gasteiger charge is -2.04. The summed E-state index contributed by atoms with van der Waals surface area (Å²) >= 11 is 1.67. The van der Waals surface area contributed by atoms with E-state index in [0.717, 1.165) is 22.7 Å². The van der Waals surface area contributed by atoms with Crippen LogP contribution in [0, 0.1) is 6.92 Å². The molecule has 4 nitrogen and oxygen atoms in total. The molecule has 0 unspecified atom stereocenters. The van der Waals surface area contributed by atoms with Crippen molar-refractivity contribution in [3.8, 4) is 10.6 Å². The molecule has 23 heavy (non-hydrogen) atoms. The molecular weight excluding hydrogens is 306 g/mol. The minimum Gasteiger partial charge on any atom is -0.352 e. The fourth-order valence-corrected chi connectivity index (χ4v) is 3.33. The van der Waals surface area contributed by atoms with Crippen LogP contribution in [0.4, 0.5) is 0 Å². The number of amides is 1. The summed E-state index contributed by atoms with van der Waals surface area (Å²) in [4.78, 5) is 21.9. The van der Waals surface area contributed by atoms with E-state index in [0.29, 0.717) is 12.1 Å². The fraction of sp³-hybridized carbons (Fsp3) is 0.167. The van der Waals surface area contributed by atoms with Crippen LogP contribution in [0.5, 0.6) is 0 Å². The summed E-state index contributed by atoms with van der Waals surface area (Å²) in [5.74, 6) is -0.0397. The summed E-state index contributed by atoms with van der Waals surface area (Å²) in [6, 6.07) is 13.2. The molecule has 0 radical (unpaired) electrons. The molecule has 1 aromatic carbocycles. The maximum Gasteiger partial charge on any atom is 0.251 e. The molecule has 0 fully saturated rings. The highest BCUT2D eigenvalue weighted by Crippen LogP contribution is 2.27. The molecular formula is C18H17N3OS. The highest BCUT2D eigenvalue weighted by molar-refractivity contribution is 7.15. The third kappa shape index (κ3) is 3.81. The minimum absolute atomic E-state index is 0.0397. The van der Waals surface area contributed by atoms with Gasteiger partial charge in [-0.25, -0.2) is 4.98 Å². The van der Waals surface area contributed by atoms with Crippen LogP contribution in [-0.4, -0.2) is 22.4 Å². The SMILES string of the molecule is Cc1nc(-c2ccncc2)sc1CCNC(=O)c1ccccc1. The van der Waals surface area contributed by atoms with Crippen LogP contribution >= 0.6 is 11.3 Å². The summed E-state index contributed by atoms with van der Waals surface area (Å²) in [5.41, 5.74) is 2.79. The molecule has 0 atom stereocenters. The van der Waals surface area contributed by atoms with Gasteiger partial charge in [-0.2, -0.15) is 0 Å². The number of benzene rings is 1. The molecule has 0 aliphatic carbocycles. The minimum atomic E-state index is -0.0397. The summed E-state index contributed by atoms with van der Waals surface area (Å²) in [5, 5.41) is 3.95. The van der Waals surface area contributed by atoms with E-state index in [-0.39, 0.29) is 5.91 Å². The van der Waals surface area contributed by atoms with Gasteiger partial charge in [0.15, 0.2) is 0 Å². The van der Waals surface area contributed by atoms with Crippen molar-refractivity contribution in [1.82, 2.24) is 15.3 Å². The van der Waals surface area contributed by atoms with Gasteiger partial charge in [0, 0.05) is 41.4 Å². The van der Waals surface area contributed by atoms with Crippen molar-refractivity contribution in [2.45, 2.75) is 13.3 Å². The van der Waals surface area contributed by atoms with Crippen LogP contribution in [0.3, 0.4) is 0 Å². The zero-order chi connectivity index (χ0) is 16.1. The third-order valence-electron chi connectivity index (χ3n) is 3.49. The van der Waals surface area contributed by atoms with E-state index in [4.69, 9.17) is 0 Å². The zero-order valence-electron chi connectivity index (χ0n) is 12.8. The van der Waals surface area contributed by atoms with Crippen LogP contribution in [0.1, 0.15) is 20.9 Å². The summed E-state index contributed by atoms with van der Waals surface area (Å²) in [7, 11) is 0. The number of nitrogens with zero attached hydrogens (tertiary/aromatic N) is 2. The van der Waals surface area contributed by atoms with Gasteiger partial charge in [0.1, 0.15) is 5.01 Å². The number of pyridine rings is 1. The molecule has 3 rings (SSSR count). The topological polar surface area (TPSA) is 54.9 Å². The van der Waals surface area contributed by atoms with Crippen LogP contribution in [0.25, 0.3) is 10.6 Å². The smallest absolute Gasteiger partial charge is 0.251 e. The molecule has 3 aromatic rings. The maximum atomic E-state index is 12.0. The second-order valence-corrected chi connectivity index (χ2v) is 6.22. The van der Waals surface area contributed by atoms with Crippen molar-refractivity contribution in [2.24, 2.45) is 0 Å². The van der Waals surface area contributed by atoms with Gasteiger partial charge < -0.3 is 5.32 Å². The summed E-state index contributed by atoms with van der Waals surface area (Å²) < 4.78 is 0. The lowest BCUT2D eigenvalue weighted by molar-refractivity contribution is 0.0954. The van der Waals surface area contributed by atoms with Gasteiger partial charge in [-0.3, -0.25) is 9.78 Å². The first-order valence-corrected chi connectivity index (χ1v) is 8.25. The maximum absolute atomic E-state index is 12.0. The molecule has 0 saturated heterocycles. The molecule has 0 aliphatic rings. The van der Waals surface area contributed by atoms with E-state index in [1.54, 1.807) is 23.7 Å². The van der Waals surface area contributed by atoms with Gasteiger partial charge in [-0.05, 0) is 31.2 Å². The Morgan fingerprint density at radius 2 is 1.87 bits per heavy atom. The molecule has 0 spiro atoms. The predicted octanol–water partition coefficient (Wildman–Crippen LogP) is 3.49. The Bertz CT molecular complexity index is 785. The number of carbonyl (C=O) groups is 1. The molecule has 1 N–H and O–H groups in total. The van der Waals surface area contributed by atoms with Gasteiger partial charge >= 0.3 is 0 Å². The van der Waals surface area contributed by atoms with Gasteiger partial charge in [-0.15, -0.1) is 11.3 Å². The number of aromatic nitrogens is 2. The van der Waals surface area contributed by atoms with Crippen molar-refractivity contribution in [3.05, 3.63) is 71.0 Å². The first-order chi connectivity index (χ1) is 11.2. The third-order valence-corrected chi connectivity index (χ3v) is 4.76. The monoisotopic (exact) mass is 323 g/mol. The van der Waals surface area contributed by atoms with Gasteiger partial charge in [0.2, 0.25) is 0 Å². The van der Waals surface area contributed by atoms with E-state index < -0.39 is 0 Å². The normalized spacial score (nSPS) is 10.5.